The number of hydrogen-bond donors (Lipinski definition) is 2. The molecule has 0 unspecified atom stereocenters. The Bertz CT molecular complexity index is 642. The van der Waals surface area contributed by atoms with Gasteiger partial charge in [0.05, 0.1) is 13.1 Å². The number of halogens is 3. The van der Waals surface area contributed by atoms with Crippen LogP contribution in [0.2, 0.25) is 0 Å². The summed E-state index contributed by atoms with van der Waals surface area (Å²) in [5.74, 6) is -1.36. The zero-order valence-electron chi connectivity index (χ0n) is 11.0. The molecule has 8 heteroatoms. The van der Waals surface area contributed by atoms with E-state index >= 15 is 0 Å². The van der Waals surface area contributed by atoms with Gasteiger partial charge in [-0.15, -0.1) is 0 Å². The van der Waals surface area contributed by atoms with E-state index in [2.05, 4.69) is 9.73 Å². The summed E-state index contributed by atoms with van der Waals surface area (Å²) in [6.45, 7) is 1.77. The lowest BCUT2D eigenvalue weighted by Gasteiger charge is -2.02. The lowest BCUT2D eigenvalue weighted by atomic mass is 10.2. The highest BCUT2D eigenvalue weighted by atomic mass is 19.4. The molecule has 2 rings (SSSR count). The molecule has 0 saturated carbocycles. The number of nitrogens with one attached hydrogen (secondary N) is 1. The summed E-state index contributed by atoms with van der Waals surface area (Å²) in [6.07, 6.45) is -4.51. The van der Waals surface area contributed by atoms with E-state index < -0.39 is 17.9 Å². The first-order valence-corrected chi connectivity index (χ1v) is 5.96. The fourth-order valence-electron chi connectivity index (χ4n) is 1.78. The summed E-state index contributed by atoms with van der Waals surface area (Å²) >= 11 is 0. The number of carboxylic acids is 1. The number of hydrogen-bond acceptors (Lipinski definition) is 4. The first kappa shape index (κ1) is 15.2. The van der Waals surface area contributed by atoms with Gasteiger partial charge in [-0.3, -0.25) is 0 Å². The molecule has 0 aliphatic rings. The summed E-state index contributed by atoms with van der Waals surface area (Å²) < 4.78 is 46.8. The van der Waals surface area contributed by atoms with Crippen LogP contribution in [0, 0.1) is 6.92 Å². The highest BCUT2D eigenvalue weighted by Crippen LogP contribution is 2.30. The Morgan fingerprint density at radius 1 is 1.24 bits per heavy atom. The molecule has 0 aromatic carbocycles. The number of furan rings is 2. The third-order valence-electron chi connectivity index (χ3n) is 2.74. The van der Waals surface area contributed by atoms with Gasteiger partial charge in [-0.1, -0.05) is 0 Å². The second-order valence-electron chi connectivity index (χ2n) is 4.35. The van der Waals surface area contributed by atoms with Gasteiger partial charge < -0.3 is 19.3 Å². The Balaban J connectivity index is 1.91. The largest absolute Gasteiger partial charge is 0.478 e. The van der Waals surface area contributed by atoms with Crippen LogP contribution in [0.1, 0.15) is 33.4 Å². The van der Waals surface area contributed by atoms with E-state index in [0.717, 1.165) is 6.07 Å². The van der Waals surface area contributed by atoms with Crippen molar-refractivity contribution in [2.24, 2.45) is 0 Å². The molecule has 0 amide bonds. The van der Waals surface area contributed by atoms with Gasteiger partial charge in [0, 0.05) is 0 Å². The fraction of sp³-hybridized carbons (Fsp3) is 0.308. The number of carboxylic acid groups (broad SMARTS) is 1. The van der Waals surface area contributed by atoms with Crippen LogP contribution in [0.3, 0.4) is 0 Å². The Morgan fingerprint density at radius 3 is 2.43 bits per heavy atom. The molecule has 5 nitrogen and oxygen atoms in total. The van der Waals surface area contributed by atoms with Crippen LogP contribution < -0.4 is 5.32 Å². The number of rotatable bonds is 5. The minimum atomic E-state index is -4.51. The molecule has 0 fully saturated rings. The number of alkyl halides is 3. The van der Waals surface area contributed by atoms with E-state index in [4.69, 9.17) is 9.52 Å². The van der Waals surface area contributed by atoms with Crippen molar-refractivity contribution in [1.29, 1.82) is 0 Å². The SMILES string of the molecule is Cc1oc(CNCc2ccc(C(F)(F)F)o2)cc1C(=O)O. The molecule has 0 aliphatic heterocycles. The van der Waals surface area contributed by atoms with E-state index in [1.807, 2.05) is 0 Å². The molecule has 2 N–H and O–H groups in total. The second kappa shape index (κ2) is 5.65. The maximum absolute atomic E-state index is 12.3. The predicted molar refractivity (Wildman–Crippen MR) is 64.7 cm³/mol. The topological polar surface area (TPSA) is 75.6 Å². The molecule has 114 valence electrons. The molecule has 0 spiro atoms. The molecule has 0 aliphatic carbocycles. The monoisotopic (exact) mass is 303 g/mol. The quantitative estimate of drug-likeness (QED) is 0.887. The molecule has 0 saturated heterocycles. The number of aryl methyl sites for hydroxylation is 1. The minimum absolute atomic E-state index is 0.0594. The summed E-state index contributed by atoms with van der Waals surface area (Å²) in [5, 5.41) is 11.7. The van der Waals surface area contributed by atoms with Gasteiger partial charge in [0.25, 0.3) is 0 Å². The number of aromatic carboxylic acids is 1. The Morgan fingerprint density at radius 2 is 1.90 bits per heavy atom. The molecule has 0 atom stereocenters. The summed E-state index contributed by atoms with van der Waals surface area (Å²) in [7, 11) is 0. The third kappa shape index (κ3) is 3.66. The number of carbonyl (C=O) groups is 1. The van der Waals surface area contributed by atoms with Crippen LogP contribution in [0.5, 0.6) is 0 Å². The average Bonchev–Trinajstić information content (AvgIpc) is 2.95. The normalized spacial score (nSPS) is 11.8. The molecular formula is C13H12F3NO4. The predicted octanol–water partition coefficient (Wildman–Crippen LogP) is 3.19. The second-order valence-corrected chi connectivity index (χ2v) is 4.35. The van der Waals surface area contributed by atoms with Crippen LogP contribution in [-0.2, 0) is 19.3 Å². The van der Waals surface area contributed by atoms with Gasteiger partial charge in [0.15, 0.2) is 0 Å². The first-order chi connectivity index (χ1) is 9.77. The van der Waals surface area contributed by atoms with Crippen molar-refractivity contribution in [2.45, 2.75) is 26.2 Å². The Kier molecular flexibility index (Phi) is 4.08. The zero-order valence-corrected chi connectivity index (χ0v) is 11.0. The van der Waals surface area contributed by atoms with Crippen LogP contribution in [-0.4, -0.2) is 11.1 Å². The van der Waals surface area contributed by atoms with Crippen molar-refractivity contribution in [1.82, 2.24) is 5.32 Å². The van der Waals surface area contributed by atoms with Crippen molar-refractivity contribution < 1.29 is 31.9 Å². The Labute approximate surface area is 117 Å². The van der Waals surface area contributed by atoms with Gasteiger partial charge in [-0.25, -0.2) is 4.79 Å². The third-order valence-corrected chi connectivity index (χ3v) is 2.74. The molecule has 21 heavy (non-hydrogen) atoms. The molecule has 0 radical (unpaired) electrons. The van der Waals surface area contributed by atoms with Crippen molar-refractivity contribution >= 4 is 5.97 Å². The van der Waals surface area contributed by atoms with Crippen molar-refractivity contribution in [3.8, 4) is 0 Å². The van der Waals surface area contributed by atoms with Crippen molar-refractivity contribution in [2.75, 3.05) is 0 Å². The Hall–Kier alpha value is -2.22. The van der Waals surface area contributed by atoms with E-state index in [-0.39, 0.29) is 30.2 Å². The maximum Gasteiger partial charge on any atom is 0.449 e. The standard InChI is InChI=1S/C13H12F3NO4/c1-7-10(12(18)19)4-9(20-7)6-17-5-8-2-3-11(21-8)13(14,15)16/h2-4,17H,5-6H2,1H3,(H,18,19). The van der Waals surface area contributed by atoms with Gasteiger partial charge in [0.2, 0.25) is 5.76 Å². The average molecular weight is 303 g/mol. The van der Waals surface area contributed by atoms with Crippen LogP contribution in [0.25, 0.3) is 0 Å². The van der Waals surface area contributed by atoms with E-state index in [0.29, 0.717) is 5.76 Å². The van der Waals surface area contributed by atoms with Gasteiger partial charge in [0.1, 0.15) is 22.8 Å². The lowest BCUT2D eigenvalue weighted by Crippen LogP contribution is -2.11. The highest BCUT2D eigenvalue weighted by Gasteiger charge is 2.34. The van der Waals surface area contributed by atoms with Gasteiger partial charge >= 0.3 is 12.1 Å². The van der Waals surface area contributed by atoms with E-state index in [1.54, 1.807) is 0 Å². The van der Waals surface area contributed by atoms with Crippen LogP contribution in [0.4, 0.5) is 13.2 Å². The van der Waals surface area contributed by atoms with Crippen LogP contribution >= 0.6 is 0 Å². The van der Waals surface area contributed by atoms with Gasteiger partial charge in [-0.2, -0.15) is 13.2 Å². The fourth-order valence-corrected chi connectivity index (χ4v) is 1.78. The summed E-state index contributed by atoms with van der Waals surface area (Å²) in [4.78, 5) is 10.8. The highest BCUT2D eigenvalue weighted by molar-refractivity contribution is 5.88. The summed E-state index contributed by atoms with van der Waals surface area (Å²) in [5.41, 5.74) is 0.0594. The van der Waals surface area contributed by atoms with E-state index in [9.17, 15) is 18.0 Å². The lowest BCUT2D eigenvalue weighted by molar-refractivity contribution is -0.153. The molecule has 2 aromatic heterocycles. The van der Waals surface area contributed by atoms with Crippen LogP contribution in [0.15, 0.2) is 27.0 Å². The van der Waals surface area contributed by atoms with Crippen molar-refractivity contribution in [3.63, 3.8) is 0 Å². The molecule has 0 bridgehead atoms. The molecule has 2 aromatic rings. The van der Waals surface area contributed by atoms with E-state index in [1.165, 1.54) is 19.1 Å². The molecular weight excluding hydrogens is 291 g/mol. The maximum atomic E-state index is 12.3. The summed E-state index contributed by atoms with van der Waals surface area (Å²) in [6, 6.07) is 3.45. The van der Waals surface area contributed by atoms with Crippen molar-refractivity contribution in [3.05, 3.63) is 46.8 Å². The minimum Gasteiger partial charge on any atom is -0.478 e. The van der Waals surface area contributed by atoms with Gasteiger partial charge in [-0.05, 0) is 25.1 Å². The zero-order chi connectivity index (χ0) is 15.6. The molecule has 2 heterocycles. The smallest absolute Gasteiger partial charge is 0.449 e. The first-order valence-electron chi connectivity index (χ1n) is 5.96.